The first-order valence-electron chi connectivity index (χ1n) is 7.42. The van der Waals surface area contributed by atoms with Crippen LogP contribution in [0.3, 0.4) is 0 Å². The van der Waals surface area contributed by atoms with Crippen molar-refractivity contribution in [2.75, 3.05) is 13.1 Å². The molecule has 1 heterocycles. The summed E-state index contributed by atoms with van der Waals surface area (Å²) in [6.07, 6.45) is 7.07. The molecule has 0 saturated heterocycles. The van der Waals surface area contributed by atoms with Crippen molar-refractivity contribution < 1.29 is 0 Å². The molecule has 1 N–H and O–H groups in total. The molecule has 0 bridgehead atoms. The van der Waals surface area contributed by atoms with Crippen LogP contribution in [0.2, 0.25) is 0 Å². The van der Waals surface area contributed by atoms with Crippen LogP contribution in [0.15, 0.2) is 24.3 Å². The Labute approximate surface area is 114 Å². The summed E-state index contributed by atoms with van der Waals surface area (Å²) >= 11 is 0. The van der Waals surface area contributed by atoms with Crippen LogP contribution in [0.5, 0.6) is 0 Å². The number of aromatic nitrogens is 3. The van der Waals surface area contributed by atoms with E-state index < -0.39 is 0 Å². The second kappa shape index (κ2) is 6.15. The van der Waals surface area contributed by atoms with E-state index in [2.05, 4.69) is 21.7 Å². The van der Waals surface area contributed by atoms with Crippen molar-refractivity contribution in [3.8, 4) is 0 Å². The number of benzene rings is 1. The molecule has 1 saturated carbocycles. The molecule has 0 radical (unpaired) electrons. The maximum absolute atomic E-state index is 4.21. The molecule has 1 aromatic carbocycles. The van der Waals surface area contributed by atoms with Gasteiger partial charge < -0.3 is 5.32 Å². The van der Waals surface area contributed by atoms with Crippen molar-refractivity contribution in [1.82, 2.24) is 20.3 Å². The highest BCUT2D eigenvalue weighted by molar-refractivity contribution is 5.73. The van der Waals surface area contributed by atoms with E-state index in [1.165, 1.54) is 32.1 Å². The van der Waals surface area contributed by atoms with Crippen LogP contribution < -0.4 is 5.32 Å². The average Bonchev–Trinajstić information content (AvgIpc) is 2.88. The third-order valence-corrected chi connectivity index (χ3v) is 4.08. The van der Waals surface area contributed by atoms with Gasteiger partial charge >= 0.3 is 0 Å². The third-order valence-electron chi connectivity index (χ3n) is 4.08. The van der Waals surface area contributed by atoms with Gasteiger partial charge in [0.1, 0.15) is 5.52 Å². The molecular weight excluding hydrogens is 236 g/mol. The van der Waals surface area contributed by atoms with Gasteiger partial charge in [-0.1, -0.05) is 36.6 Å². The molecule has 0 unspecified atom stereocenters. The van der Waals surface area contributed by atoms with Gasteiger partial charge in [0.15, 0.2) is 0 Å². The Morgan fingerprint density at radius 1 is 1.16 bits per heavy atom. The van der Waals surface area contributed by atoms with Crippen LogP contribution in [0.4, 0.5) is 0 Å². The zero-order valence-electron chi connectivity index (χ0n) is 11.4. The normalized spacial score (nSPS) is 17.1. The summed E-state index contributed by atoms with van der Waals surface area (Å²) in [6, 6.07) is 8.13. The van der Waals surface area contributed by atoms with Crippen LogP contribution in [0.25, 0.3) is 11.0 Å². The highest BCUT2D eigenvalue weighted by Crippen LogP contribution is 2.22. The van der Waals surface area contributed by atoms with Gasteiger partial charge in [-0.3, -0.25) is 0 Å². The fraction of sp³-hybridized carbons (Fsp3) is 0.600. The second-order valence-corrected chi connectivity index (χ2v) is 5.51. The van der Waals surface area contributed by atoms with Crippen LogP contribution in [-0.4, -0.2) is 28.1 Å². The predicted octanol–water partition coefficient (Wildman–Crippen LogP) is 2.60. The maximum Gasteiger partial charge on any atom is 0.113 e. The van der Waals surface area contributed by atoms with E-state index in [9.17, 15) is 0 Å². The van der Waals surface area contributed by atoms with Crippen molar-refractivity contribution in [3.05, 3.63) is 24.3 Å². The van der Waals surface area contributed by atoms with E-state index in [-0.39, 0.29) is 0 Å². The molecule has 0 aliphatic heterocycles. The Hall–Kier alpha value is -1.42. The lowest BCUT2D eigenvalue weighted by Crippen LogP contribution is -2.27. The van der Waals surface area contributed by atoms with Gasteiger partial charge in [0.2, 0.25) is 0 Å². The van der Waals surface area contributed by atoms with E-state index in [0.717, 1.165) is 36.6 Å². The Morgan fingerprint density at radius 2 is 2.00 bits per heavy atom. The lowest BCUT2D eigenvalue weighted by molar-refractivity contribution is 0.339. The lowest BCUT2D eigenvalue weighted by Gasteiger charge is -2.21. The van der Waals surface area contributed by atoms with Crippen LogP contribution in [0, 0.1) is 5.92 Å². The fourth-order valence-electron chi connectivity index (χ4n) is 2.96. The van der Waals surface area contributed by atoms with Gasteiger partial charge in [-0.15, -0.1) is 5.10 Å². The number of hydrogen-bond donors (Lipinski definition) is 1. The summed E-state index contributed by atoms with van der Waals surface area (Å²) in [4.78, 5) is 0. The minimum Gasteiger partial charge on any atom is -0.315 e. The number of para-hydroxylation sites is 1. The molecule has 0 amide bonds. The van der Waals surface area contributed by atoms with Crippen molar-refractivity contribution >= 4 is 11.0 Å². The molecular formula is C15H22N4. The van der Waals surface area contributed by atoms with Gasteiger partial charge in [-0.05, 0) is 37.4 Å². The minimum atomic E-state index is 0.890. The Bertz CT molecular complexity index is 514. The zero-order valence-corrected chi connectivity index (χ0v) is 11.4. The third kappa shape index (κ3) is 3.13. The number of nitrogens with zero attached hydrogens (tertiary/aromatic N) is 3. The molecule has 0 spiro atoms. The largest absolute Gasteiger partial charge is 0.315 e. The molecule has 2 aromatic rings. The SMILES string of the molecule is c1ccc2c(c1)nnn2CCNCC1CCCCC1. The van der Waals surface area contributed by atoms with E-state index in [0.29, 0.717) is 0 Å². The molecule has 1 fully saturated rings. The van der Waals surface area contributed by atoms with Crippen LogP contribution >= 0.6 is 0 Å². The number of nitrogens with one attached hydrogen (secondary N) is 1. The molecule has 4 nitrogen and oxygen atoms in total. The highest BCUT2D eigenvalue weighted by atomic mass is 15.4. The summed E-state index contributed by atoms with van der Waals surface area (Å²) in [5.41, 5.74) is 2.11. The molecule has 1 aromatic heterocycles. The molecule has 1 aliphatic carbocycles. The first-order chi connectivity index (χ1) is 9.43. The minimum absolute atomic E-state index is 0.890. The maximum atomic E-state index is 4.21. The van der Waals surface area contributed by atoms with Crippen molar-refractivity contribution in [2.24, 2.45) is 5.92 Å². The Kier molecular flexibility index (Phi) is 4.08. The van der Waals surface area contributed by atoms with Gasteiger partial charge in [-0.25, -0.2) is 4.68 Å². The topological polar surface area (TPSA) is 42.7 Å². The monoisotopic (exact) mass is 258 g/mol. The lowest BCUT2D eigenvalue weighted by atomic mass is 9.89. The van der Waals surface area contributed by atoms with Crippen molar-refractivity contribution in [1.29, 1.82) is 0 Å². The number of hydrogen-bond acceptors (Lipinski definition) is 3. The van der Waals surface area contributed by atoms with Crippen molar-refractivity contribution in [2.45, 2.75) is 38.6 Å². The molecule has 3 rings (SSSR count). The first-order valence-corrected chi connectivity index (χ1v) is 7.42. The first kappa shape index (κ1) is 12.6. The van der Waals surface area contributed by atoms with Gasteiger partial charge in [-0.2, -0.15) is 0 Å². The van der Waals surface area contributed by atoms with Gasteiger partial charge in [0.05, 0.1) is 12.1 Å². The van der Waals surface area contributed by atoms with E-state index >= 15 is 0 Å². The summed E-state index contributed by atoms with van der Waals surface area (Å²) in [5, 5.41) is 11.9. The molecule has 102 valence electrons. The van der Waals surface area contributed by atoms with Crippen LogP contribution in [-0.2, 0) is 6.54 Å². The van der Waals surface area contributed by atoms with E-state index in [1.54, 1.807) is 0 Å². The average molecular weight is 258 g/mol. The standard InChI is InChI=1S/C15H22N4/c1-2-6-13(7-3-1)12-16-10-11-19-15-9-5-4-8-14(15)17-18-19/h4-5,8-9,13,16H,1-3,6-7,10-12H2. The molecule has 1 aliphatic rings. The number of rotatable bonds is 5. The Morgan fingerprint density at radius 3 is 2.89 bits per heavy atom. The van der Waals surface area contributed by atoms with Gasteiger partial charge in [0.25, 0.3) is 0 Å². The number of fused-ring (bicyclic) bond motifs is 1. The predicted molar refractivity (Wildman–Crippen MR) is 77.0 cm³/mol. The highest BCUT2D eigenvalue weighted by Gasteiger charge is 2.12. The summed E-state index contributed by atoms with van der Waals surface area (Å²) in [5.74, 6) is 0.890. The zero-order chi connectivity index (χ0) is 12.9. The summed E-state index contributed by atoms with van der Waals surface area (Å²) < 4.78 is 1.99. The van der Waals surface area contributed by atoms with E-state index in [1.807, 2.05) is 22.9 Å². The fourth-order valence-corrected chi connectivity index (χ4v) is 2.96. The van der Waals surface area contributed by atoms with Gasteiger partial charge in [0, 0.05) is 6.54 Å². The summed E-state index contributed by atoms with van der Waals surface area (Å²) in [7, 11) is 0. The van der Waals surface area contributed by atoms with Crippen molar-refractivity contribution in [3.63, 3.8) is 0 Å². The van der Waals surface area contributed by atoms with E-state index in [4.69, 9.17) is 0 Å². The summed E-state index contributed by atoms with van der Waals surface area (Å²) in [6.45, 7) is 3.03. The smallest absolute Gasteiger partial charge is 0.113 e. The second-order valence-electron chi connectivity index (χ2n) is 5.51. The van der Waals surface area contributed by atoms with Crippen LogP contribution in [0.1, 0.15) is 32.1 Å². The molecule has 4 heteroatoms. The quantitative estimate of drug-likeness (QED) is 0.838. The Balaban J connectivity index is 1.47. The molecule has 19 heavy (non-hydrogen) atoms. The molecule has 0 atom stereocenters.